The van der Waals surface area contributed by atoms with Crippen molar-refractivity contribution >= 4 is 12.3 Å². The van der Waals surface area contributed by atoms with Gasteiger partial charge in [0, 0.05) is 51.2 Å². The topological polar surface area (TPSA) is 51.4 Å². The predicted octanol–water partition coefficient (Wildman–Crippen LogP) is -0.359. The molecule has 1 atom stereocenters. The van der Waals surface area contributed by atoms with Crippen LogP contribution in [0.2, 0.25) is 0 Å². The Hall–Kier alpha value is -2.37. The number of nitrogens with one attached hydrogen (secondary N) is 2. The molecule has 2 aliphatic rings. The van der Waals surface area contributed by atoms with Gasteiger partial charge in [0.2, 0.25) is 0 Å². The molecule has 24 heavy (non-hydrogen) atoms. The van der Waals surface area contributed by atoms with Crippen LogP contribution in [0.4, 0.5) is 0 Å². The van der Waals surface area contributed by atoms with Crippen LogP contribution in [0.3, 0.4) is 0 Å². The molecule has 0 amide bonds. The van der Waals surface area contributed by atoms with Crippen LogP contribution in [0.5, 0.6) is 0 Å². The average Bonchev–Trinajstić information content (AvgIpc) is 2.63. The van der Waals surface area contributed by atoms with Gasteiger partial charge in [0.15, 0.2) is 5.43 Å². The lowest BCUT2D eigenvalue weighted by Crippen LogP contribution is -2.57. The average molecular weight is 322 g/mol. The first-order chi connectivity index (χ1) is 11.8. The van der Waals surface area contributed by atoms with Crippen molar-refractivity contribution in [2.45, 2.75) is 12.7 Å². The molecule has 1 fully saturated rings. The zero-order valence-corrected chi connectivity index (χ0v) is 13.6. The number of fused-ring (bicyclic) bond motifs is 1. The molecule has 1 unspecified atom stereocenters. The Balaban J connectivity index is 1.41. The van der Waals surface area contributed by atoms with E-state index < -0.39 is 0 Å². The molecule has 0 bridgehead atoms. The number of nitrogens with zero attached hydrogens (tertiary/aromatic N) is 2. The maximum Gasteiger partial charge on any atom is 0.190 e. The molecular weight excluding hydrogens is 300 g/mol. The third-order valence-corrected chi connectivity index (χ3v) is 4.80. The molecule has 2 aromatic rings. The highest BCUT2D eigenvalue weighted by molar-refractivity contribution is 5.38. The summed E-state index contributed by atoms with van der Waals surface area (Å²) in [5.41, 5.74) is 1.42. The number of aromatic nitrogens is 1. The molecule has 2 aliphatic heterocycles. The largest absolute Gasteiger partial charge is 0.372 e. The number of aromatic amines is 1. The zero-order valence-electron chi connectivity index (χ0n) is 13.6. The second kappa shape index (κ2) is 6.63. The quantitative estimate of drug-likeness (QED) is 0.810. The Bertz CT molecular complexity index is 866. The van der Waals surface area contributed by atoms with E-state index in [0.29, 0.717) is 0 Å². The summed E-state index contributed by atoms with van der Waals surface area (Å²) in [7, 11) is 0. The molecule has 0 aliphatic carbocycles. The van der Waals surface area contributed by atoms with E-state index >= 15 is 0 Å². The monoisotopic (exact) mass is 322 g/mol. The van der Waals surface area contributed by atoms with E-state index in [1.54, 1.807) is 12.3 Å². The van der Waals surface area contributed by atoms with Crippen LogP contribution in [0, 0.1) is 0 Å². The first-order valence-electron chi connectivity index (χ1n) is 8.46. The molecule has 1 saturated heterocycles. The van der Waals surface area contributed by atoms with Crippen molar-refractivity contribution in [2.24, 2.45) is 0 Å². The van der Waals surface area contributed by atoms with Gasteiger partial charge in [0.25, 0.3) is 0 Å². The fourth-order valence-electron chi connectivity index (χ4n) is 3.42. The molecule has 1 aromatic heterocycles. The molecule has 5 nitrogen and oxygen atoms in total. The number of pyridine rings is 1. The number of piperazine rings is 1. The Morgan fingerprint density at radius 1 is 1.04 bits per heavy atom. The molecule has 0 saturated carbocycles. The molecule has 4 rings (SSSR count). The SMILES string of the molecule is O=c1cc[nH]c2c1=CNC(N1CCN(Cc3ccccc3)CC1)C=2. The summed E-state index contributed by atoms with van der Waals surface area (Å²) in [5.74, 6) is 0. The van der Waals surface area contributed by atoms with E-state index in [-0.39, 0.29) is 11.6 Å². The normalized spacial score (nSPS) is 21.2. The highest BCUT2D eigenvalue weighted by atomic mass is 16.1. The molecule has 3 heterocycles. The molecule has 0 radical (unpaired) electrons. The second-order valence-corrected chi connectivity index (χ2v) is 6.39. The highest BCUT2D eigenvalue weighted by Crippen LogP contribution is 2.10. The van der Waals surface area contributed by atoms with Crippen molar-refractivity contribution in [3.8, 4) is 0 Å². The van der Waals surface area contributed by atoms with Crippen LogP contribution in [0.15, 0.2) is 47.4 Å². The number of rotatable bonds is 3. The molecule has 2 N–H and O–H groups in total. The summed E-state index contributed by atoms with van der Waals surface area (Å²) >= 11 is 0. The number of H-pyrrole nitrogens is 1. The molecule has 124 valence electrons. The van der Waals surface area contributed by atoms with Crippen molar-refractivity contribution in [3.63, 3.8) is 0 Å². The molecular formula is C19H22N4O. The minimum atomic E-state index is 0.0543. The van der Waals surface area contributed by atoms with Gasteiger partial charge in [-0.15, -0.1) is 0 Å². The fourth-order valence-corrected chi connectivity index (χ4v) is 3.42. The van der Waals surface area contributed by atoms with Gasteiger partial charge in [-0.2, -0.15) is 0 Å². The van der Waals surface area contributed by atoms with Crippen LogP contribution in [0.1, 0.15) is 5.56 Å². The summed E-state index contributed by atoms with van der Waals surface area (Å²) in [5, 5.41) is 4.99. The van der Waals surface area contributed by atoms with Crippen molar-refractivity contribution in [1.82, 2.24) is 20.1 Å². The smallest absolute Gasteiger partial charge is 0.190 e. The summed E-state index contributed by atoms with van der Waals surface area (Å²) in [4.78, 5) is 19.9. The van der Waals surface area contributed by atoms with Crippen LogP contribution in [0.25, 0.3) is 12.3 Å². The van der Waals surface area contributed by atoms with Crippen LogP contribution in [-0.2, 0) is 6.54 Å². The van der Waals surface area contributed by atoms with Gasteiger partial charge in [-0.3, -0.25) is 14.6 Å². The zero-order chi connectivity index (χ0) is 16.4. The van der Waals surface area contributed by atoms with Crippen molar-refractivity contribution in [1.29, 1.82) is 0 Å². The first-order valence-corrected chi connectivity index (χ1v) is 8.46. The minimum absolute atomic E-state index is 0.0543. The Kier molecular flexibility index (Phi) is 4.19. The Labute approximate surface area is 140 Å². The maximum absolute atomic E-state index is 11.8. The number of hydrogen-bond donors (Lipinski definition) is 2. The molecule has 5 heteroatoms. The van der Waals surface area contributed by atoms with E-state index in [9.17, 15) is 4.79 Å². The first kappa shape index (κ1) is 15.2. The third-order valence-electron chi connectivity index (χ3n) is 4.80. The van der Waals surface area contributed by atoms with Gasteiger partial charge < -0.3 is 10.3 Å². The maximum atomic E-state index is 11.8. The fraction of sp³-hybridized carbons (Fsp3) is 0.316. The van der Waals surface area contributed by atoms with E-state index in [2.05, 4.69) is 56.5 Å². The van der Waals surface area contributed by atoms with Gasteiger partial charge >= 0.3 is 0 Å². The number of hydrogen-bond acceptors (Lipinski definition) is 4. The van der Waals surface area contributed by atoms with Crippen molar-refractivity contribution in [2.75, 3.05) is 26.2 Å². The lowest BCUT2D eigenvalue weighted by Gasteiger charge is -2.38. The lowest BCUT2D eigenvalue weighted by molar-refractivity contribution is 0.106. The van der Waals surface area contributed by atoms with Gasteiger partial charge in [-0.1, -0.05) is 30.3 Å². The standard InChI is InChI=1S/C19H22N4O/c24-18-6-7-20-17-12-19(21-13-16(17)18)23-10-8-22(9-11-23)14-15-4-2-1-3-5-15/h1-7,12-13,19-21H,8-11,14H2. The summed E-state index contributed by atoms with van der Waals surface area (Å²) < 4.78 is 0. The molecule has 1 aromatic carbocycles. The third kappa shape index (κ3) is 3.13. The van der Waals surface area contributed by atoms with Crippen LogP contribution in [-0.4, -0.2) is 47.1 Å². The highest BCUT2D eigenvalue weighted by Gasteiger charge is 2.22. The summed E-state index contributed by atoms with van der Waals surface area (Å²) in [6.45, 7) is 5.15. The summed E-state index contributed by atoms with van der Waals surface area (Å²) in [6.07, 6.45) is 5.82. The van der Waals surface area contributed by atoms with Gasteiger partial charge in [0.1, 0.15) is 6.17 Å². The van der Waals surface area contributed by atoms with Crippen LogP contribution < -0.4 is 21.3 Å². The van der Waals surface area contributed by atoms with E-state index in [4.69, 9.17) is 0 Å². The van der Waals surface area contributed by atoms with Gasteiger partial charge in [-0.25, -0.2) is 0 Å². The van der Waals surface area contributed by atoms with E-state index in [1.807, 2.05) is 6.20 Å². The van der Waals surface area contributed by atoms with Gasteiger partial charge in [0.05, 0.1) is 10.6 Å². The second-order valence-electron chi connectivity index (χ2n) is 6.39. The van der Waals surface area contributed by atoms with Gasteiger partial charge in [-0.05, 0) is 11.6 Å². The van der Waals surface area contributed by atoms with Crippen LogP contribution >= 0.6 is 0 Å². The minimum Gasteiger partial charge on any atom is -0.372 e. The number of benzene rings is 1. The lowest BCUT2D eigenvalue weighted by atomic mass is 10.2. The van der Waals surface area contributed by atoms with Crippen molar-refractivity contribution < 1.29 is 0 Å². The van der Waals surface area contributed by atoms with E-state index in [1.165, 1.54) is 5.56 Å². The Morgan fingerprint density at radius 2 is 1.83 bits per heavy atom. The predicted molar refractivity (Wildman–Crippen MR) is 95.5 cm³/mol. The Morgan fingerprint density at radius 3 is 2.62 bits per heavy atom. The molecule has 0 spiro atoms. The van der Waals surface area contributed by atoms with Crippen molar-refractivity contribution in [3.05, 3.63) is 68.9 Å². The summed E-state index contributed by atoms with van der Waals surface area (Å²) in [6, 6.07) is 12.2. The van der Waals surface area contributed by atoms with E-state index in [0.717, 1.165) is 43.3 Å².